The molecule has 0 aliphatic heterocycles. The van der Waals surface area contributed by atoms with Gasteiger partial charge in [-0.3, -0.25) is 0 Å². The number of para-hydroxylation sites is 1. The predicted octanol–water partition coefficient (Wildman–Crippen LogP) is 5.20. The van der Waals surface area contributed by atoms with Gasteiger partial charge in [0.1, 0.15) is 22.8 Å². The molecule has 5 heteroatoms. The molecule has 0 saturated carbocycles. The summed E-state index contributed by atoms with van der Waals surface area (Å²) in [4.78, 5) is 23.5. The maximum atomic E-state index is 12.1. The maximum Gasteiger partial charge on any atom is 0.336 e. The zero-order valence-electron chi connectivity index (χ0n) is 15.3. The quantitative estimate of drug-likeness (QED) is 0.205. The largest absolute Gasteiger partial charge is 0.457 e. The van der Waals surface area contributed by atoms with Gasteiger partial charge in [0.05, 0.1) is 0 Å². The minimum atomic E-state index is -0.544. The first kappa shape index (κ1) is 18.3. The van der Waals surface area contributed by atoms with Crippen LogP contribution in [0, 0.1) is 0 Å². The van der Waals surface area contributed by atoms with Crippen LogP contribution in [0.2, 0.25) is 0 Å². The Morgan fingerprint density at radius 2 is 1.59 bits per heavy atom. The van der Waals surface area contributed by atoms with E-state index in [1.165, 1.54) is 18.2 Å². The Morgan fingerprint density at radius 3 is 2.45 bits per heavy atom. The van der Waals surface area contributed by atoms with Gasteiger partial charge in [0.2, 0.25) is 0 Å². The van der Waals surface area contributed by atoms with Crippen molar-refractivity contribution in [3.05, 3.63) is 107 Å². The van der Waals surface area contributed by atoms with Crippen molar-refractivity contribution in [1.29, 1.82) is 0 Å². The molecule has 0 amide bonds. The van der Waals surface area contributed by atoms with Crippen LogP contribution >= 0.6 is 0 Å². The number of rotatable bonds is 5. The topological polar surface area (TPSA) is 65.7 Å². The lowest BCUT2D eigenvalue weighted by Crippen LogP contribution is -2.03. The van der Waals surface area contributed by atoms with Crippen LogP contribution in [0.4, 0.5) is 0 Å². The van der Waals surface area contributed by atoms with Crippen LogP contribution in [0.25, 0.3) is 17.0 Å². The molecule has 0 saturated heterocycles. The predicted molar refractivity (Wildman–Crippen MR) is 110 cm³/mol. The average Bonchev–Trinajstić information content (AvgIpc) is 2.73. The highest BCUT2D eigenvalue weighted by Crippen LogP contribution is 2.23. The highest BCUT2D eigenvalue weighted by Gasteiger charge is 2.04. The number of hydrogen-bond donors (Lipinski definition) is 0. The number of benzene rings is 3. The second-order valence-corrected chi connectivity index (χ2v) is 6.20. The summed E-state index contributed by atoms with van der Waals surface area (Å²) in [6, 6.07) is 24.7. The molecule has 1 aromatic heterocycles. The lowest BCUT2D eigenvalue weighted by molar-refractivity contribution is -0.128. The summed E-state index contributed by atoms with van der Waals surface area (Å²) in [5.41, 5.74) is 0.691. The van der Waals surface area contributed by atoms with E-state index in [0.717, 1.165) is 16.7 Å². The molecule has 4 rings (SSSR count). The Morgan fingerprint density at radius 1 is 0.793 bits per heavy atom. The fourth-order valence-corrected chi connectivity index (χ4v) is 2.73. The molecule has 0 aliphatic rings. The SMILES string of the molecule is O=C(/C=C/c1cccc(Oc2ccccc2)c1)Oc1ccc2ccc(=O)oc2c1. The molecule has 1 heterocycles. The van der Waals surface area contributed by atoms with Gasteiger partial charge < -0.3 is 13.9 Å². The Bertz CT molecular complexity index is 1240. The normalized spacial score (nSPS) is 10.9. The van der Waals surface area contributed by atoms with Gasteiger partial charge >= 0.3 is 11.6 Å². The summed E-state index contributed by atoms with van der Waals surface area (Å²) in [7, 11) is 0. The van der Waals surface area contributed by atoms with E-state index in [2.05, 4.69) is 0 Å². The van der Waals surface area contributed by atoms with Crippen LogP contribution in [0.5, 0.6) is 17.2 Å². The first-order valence-corrected chi connectivity index (χ1v) is 8.92. The highest BCUT2D eigenvalue weighted by atomic mass is 16.5. The number of carbonyl (C=O) groups excluding carboxylic acids is 1. The van der Waals surface area contributed by atoms with Crippen LogP contribution in [0.15, 0.2) is 100 Å². The van der Waals surface area contributed by atoms with Crippen molar-refractivity contribution >= 4 is 23.0 Å². The van der Waals surface area contributed by atoms with Crippen molar-refractivity contribution in [2.75, 3.05) is 0 Å². The Kier molecular flexibility index (Phi) is 5.21. The molecule has 0 radical (unpaired) electrons. The molecular weight excluding hydrogens is 368 g/mol. The van der Waals surface area contributed by atoms with Crippen molar-refractivity contribution in [1.82, 2.24) is 0 Å². The van der Waals surface area contributed by atoms with Crippen LogP contribution in [-0.2, 0) is 4.79 Å². The summed E-state index contributed by atoms with van der Waals surface area (Å²) in [5, 5.41) is 0.746. The van der Waals surface area contributed by atoms with Gasteiger partial charge in [-0.15, -0.1) is 0 Å². The van der Waals surface area contributed by atoms with Gasteiger partial charge in [-0.2, -0.15) is 0 Å². The molecule has 0 N–H and O–H groups in total. The lowest BCUT2D eigenvalue weighted by atomic mass is 10.2. The molecule has 0 aliphatic carbocycles. The number of hydrogen-bond acceptors (Lipinski definition) is 5. The Hall–Kier alpha value is -4.12. The van der Waals surface area contributed by atoms with Crippen LogP contribution in [0.3, 0.4) is 0 Å². The molecule has 142 valence electrons. The van der Waals surface area contributed by atoms with Crippen LogP contribution in [0.1, 0.15) is 5.56 Å². The minimum absolute atomic E-state index is 0.294. The monoisotopic (exact) mass is 384 g/mol. The third-order valence-electron chi connectivity index (χ3n) is 4.06. The third-order valence-corrected chi connectivity index (χ3v) is 4.06. The number of fused-ring (bicyclic) bond motifs is 1. The van der Waals surface area contributed by atoms with Crippen molar-refractivity contribution < 1.29 is 18.7 Å². The van der Waals surface area contributed by atoms with Crippen molar-refractivity contribution in [2.24, 2.45) is 0 Å². The van der Waals surface area contributed by atoms with Gasteiger partial charge in [-0.05, 0) is 54.1 Å². The molecule has 5 nitrogen and oxygen atoms in total. The van der Waals surface area contributed by atoms with E-state index >= 15 is 0 Å². The van der Waals surface area contributed by atoms with E-state index < -0.39 is 11.6 Å². The van der Waals surface area contributed by atoms with Crippen molar-refractivity contribution in [3.8, 4) is 17.2 Å². The lowest BCUT2D eigenvalue weighted by Gasteiger charge is -2.06. The van der Waals surface area contributed by atoms with Gasteiger partial charge in [-0.25, -0.2) is 9.59 Å². The molecule has 29 heavy (non-hydrogen) atoms. The van der Waals surface area contributed by atoms with E-state index in [0.29, 0.717) is 17.1 Å². The van der Waals surface area contributed by atoms with E-state index in [1.54, 1.807) is 24.3 Å². The summed E-state index contributed by atoms with van der Waals surface area (Å²) in [5.74, 6) is 1.15. The standard InChI is InChI=1S/C24H16O5/c25-23(28-21-12-10-18-11-14-24(26)29-22(18)16-21)13-9-17-5-4-8-20(15-17)27-19-6-2-1-3-7-19/h1-16H/b13-9+. The molecule has 0 unspecified atom stereocenters. The van der Waals surface area contributed by atoms with Gasteiger partial charge in [0.15, 0.2) is 0 Å². The van der Waals surface area contributed by atoms with Gasteiger partial charge in [0.25, 0.3) is 0 Å². The third kappa shape index (κ3) is 4.78. The zero-order chi connectivity index (χ0) is 20.1. The first-order chi connectivity index (χ1) is 14.2. The summed E-state index contributed by atoms with van der Waals surface area (Å²) < 4.78 is 16.2. The molecular formula is C24H16O5. The zero-order valence-corrected chi connectivity index (χ0v) is 15.3. The minimum Gasteiger partial charge on any atom is -0.457 e. The molecule has 0 bridgehead atoms. The number of esters is 1. The summed E-state index contributed by atoms with van der Waals surface area (Å²) in [6.07, 6.45) is 2.97. The van der Waals surface area contributed by atoms with Crippen LogP contribution in [-0.4, -0.2) is 5.97 Å². The number of carbonyl (C=O) groups is 1. The van der Waals surface area contributed by atoms with Crippen LogP contribution < -0.4 is 15.1 Å². The molecule has 0 atom stereocenters. The summed E-state index contributed by atoms with van der Waals surface area (Å²) in [6.45, 7) is 0. The van der Waals surface area contributed by atoms with Crippen molar-refractivity contribution in [2.45, 2.75) is 0 Å². The fraction of sp³-hybridized carbons (Fsp3) is 0. The van der Waals surface area contributed by atoms with Gasteiger partial charge in [-0.1, -0.05) is 30.3 Å². The Labute approximate surface area is 166 Å². The molecule has 0 spiro atoms. The van der Waals surface area contributed by atoms with E-state index in [1.807, 2.05) is 54.6 Å². The maximum absolute atomic E-state index is 12.1. The second kappa shape index (κ2) is 8.27. The van der Waals surface area contributed by atoms with E-state index in [9.17, 15) is 9.59 Å². The van der Waals surface area contributed by atoms with E-state index in [4.69, 9.17) is 13.9 Å². The molecule has 3 aromatic carbocycles. The molecule has 0 fully saturated rings. The van der Waals surface area contributed by atoms with Crippen molar-refractivity contribution in [3.63, 3.8) is 0 Å². The smallest absolute Gasteiger partial charge is 0.336 e. The summed E-state index contributed by atoms with van der Waals surface area (Å²) >= 11 is 0. The van der Waals surface area contributed by atoms with E-state index in [-0.39, 0.29) is 0 Å². The Balaban J connectivity index is 1.44. The fourth-order valence-electron chi connectivity index (χ4n) is 2.73. The highest BCUT2D eigenvalue weighted by molar-refractivity contribution is 5.89. The first-order valence-electron chi connectivity index (χ1n) is 8.92. The average molecular weight is 384 g/mol. The molecule has 4 aromatic rings. The second-order valence-electron chi connectivity index (χ2n) is 6.20. The number of ether oxygens (including phenoxy) is 2. The van der Waals surface area contributed by atoms with Gasteiger partial charge in [0, 0.05) is 23.6 Å².